The maximum atomic E-state index is 12.8. The fourth-order valence-electron chi connectivity index (χ4n) is 3.27. The molecule has 0 aliphatic heterocycles. The van der Waals surface area contributed by atoms with Gasteiger partial charge < -0.3 is 0 Å². The molecule has 0 bridgehead atoms. The van der Waals surface area contributed by atoms with Gasteiger partial charge in [0.15, 0.2) is 21.4 Å². The predicted molar refractivity (Wildman–Crippen MR) is 95.7 cm³/mol. The molecule has 1 aliphatic rings. The summed E-state index contributed by atoms with van der Waals surface area (Å²) in [5.41, 5.74) is -2.13. The predicted octanol–water partition coefficient (Wildman–Crippen LogP) is 4.73. The van der Waals surface area contributed by atoms with Crippen LogP contribution in [-0.4, -0.2) is 29.4 Å². The molecule has 3 rings (SSSR count). The van der Waals surface area contributed by atoms with E-state index in [1.54, 1.807) is 0 Å². The Balaban J connectivity index is 1.55. The third-order valence-electron chi connectivity index (χ3n) is 5.13. The minimum Gasteiger partial charge on any atom is -0.291 e. The number of halogens is 6. The summed E-state index contributed by atoms with van der Waals surface area (Å²) in [5, 5.41) is -0.849. The van der Waals surface area contributed by atoms with Gasteiger partial charge in [0, 0.05) is 18.8 Å². The summed E-state index contributed by atoms with van der Waals surface area (Å²) in [6.45, 7) is 0. The number of sulfone groups is 1. The standard InChI is InChI=1S/C19H16F6N2O3S/c20-18(21,22)12-2-1-3-14(8-12)31(29,30)15-6-11(7-15)4-5-16(28)17-26-9-13(10-27-17)19(23,24)25/h1-3,8-11,15H,4-7H2. The average Bonchev–Trinajstić information content (AvgIpc) is 2.65. The molecule has 1 fully saturated rings. The summed E-state index contributed by atoms with van der Waals surface area (Å²) in [6.07, 6.45) is -7.69. The van der Waals surface area contributed by atoms with E-state index in [0.29, 0.717) is 18.5 Å². The number of Topliss-reactive ketones (excluding diaryl/α,β-unsaturated/α-hetero) is 1. The first-order valence-corrected chi connectivity index (χ1v) is 10.7. The molecule has 1 heterocycles. The van der Waals surface area contributed by atoms with Crippen LogP contribution in [0.5, 0.6) is 0 Å². The fourth-order valence-corrected chi connectivity index (χ4v) is 5.27. The van der Waals surface area contributed by atoms with Crippen molar-refractivity contribution < 1.29 is 39.6 Å². The molecule has 1 saturated carbocycles. The summed E-state index contributed by atoms with van der Waals surface area (Å²) >= 11 is 0. The zero-order valence-electron chi connectivity index (χ0n) is 15.7. The van der Waals surface area contributed by atoms with Crippen LogP contribution in [0.4, 0.5) is 26.3 Å². The van der Waals surface area contributed by atoms with Crippen molar-refractivity contribution in [3.05, 3.63) is 53.6 Å². The van der Waals surface area contributed by atoms with E-state index in [0.717, 1.165) is 18.2 Å². The Bertz CT molecular complexity index is 1060. The van der Waals surface area contributed by atoms with Crippen LogP contribution in [0.25, 0.3) is 0 Å². The van der Waals surface area contributed by atoms with Gasteiger partial charge >= 0.3 is 12.4 Å². The van der Waals surface area contributed by atoms with Crippen molar-refractivity contribution in [1.82, 2.24) is 9.97 Å². The molecule has 0 saturated heterocycles. The van der Waals surface area contributed by atoms with Gasteiger partial charge in [-0.15, -0.1) is 0 Å². The lowest BCUT2D eigenvalue weighted by Crippen LogP contribution is -2.36. The van der Waals surface area contributed by atoms with Gasteiger partial charge in [-0.2, -0.15) is 26.3 Å². The van der Waals surface area contributed by atoms with E-state index in [4.69, 9.17) is 0 Å². The van der Waals surface area contributed by atoms with Gasteiger partial charge in [-0.1, -0.05) is 6.07 Å². The minimum absolute atomic E-state index is 0.0770. The highest BCUT2D eigenvalue weighted by molar-refractivity contribution is 7.92. The van der Waals surface area contributed by atoms with Gasteiger partial charge in [0.05, 0.1) is 21.3 Å². The lowest BCUT2D eigenvalue weighted by Gasteiger charge is -2.34. The van der Waals surface area contributed by atoms with Gasteiger partial charge in [0.2, 0.25) is 0 Å². The molecule has 1 aromatic heterocycles. The first-order valence-electron chi connectivity index (χ1n) is 9.12. The second-order valence-corrected chi connectivity index (χ2v) is 9.51. The zero-order chi connectivity index (χ0) is 23.0. The third kappa shape index (κ3) is 5.23. The van der Waals surface area contributed by atoms with Crippen LogP contribution in [-0.2, 0) is 22.2 Å². The Morgan fingerprint density at radius 2 is 1.55 bits per heavy atom. The summed E-state index contributed by atoms with van der Waals surface area (Å²) in [4.78, 5) is 18.5. The number of carbonyl (C=O) groups is 1. The molecular formula is C19H16F6N2O3S. The third-order valence-corrected chi connectivity index (χ3v) is 7.30. The van der Waals surface area contributed by atoms with Crippen molar-refractivity contribution in [2.24, 2.45) is 5.92 Å². The van der Waals surface area contributed by atoms with Crippen molar-refractivity contribution in [3.63, 3.8) is 0 Å². The van der Waals surface area contributed by atoms with Gasteiger partial charge in [-0.25, -0.2) is 18.4 Å². The van der Waals surface area contributed by atoms with Crippen LogP contribution in [0.2, 0.25) is 0 Å². The van der Waals surface area contributed by atoms with Crippen LogP contribution < -0.4 is 0 Å². The first kappa shape index (κ1) is 23.2. The Labute approximate surface area is 173 Å². The highest BCUT2D eigenvalue weighted by Crippen LogP contribution is 2.40. The Hall–Kier alpha value is -2.50. The molecule has 2 aromatic rings. The number of alkyl halides is 6. The normalized spacial score (nSPS) is 19.7. The highest BCUT2D eigenvalue weighted by atomic mass is 32.2. The number of aromatic nitrogens is 2. The van der Waals surface area contributed by atoms with Crippen LogP contribution in [0, 0.1) is 5.92 Å². The number of hydrogen-bond acceptors (Lipinski definition) is 5. The van der Waals surface area contributed by atoms with Crippen molar-refractivity contribution in [2.75, 3.05) is 0 Å². The number of rotatable bonds is 6. The Morgan fingerprint density at radius 1 is 0.968 bits per heavy atom. The Morgan fingerprint density at radius 3 is 2.10 bits per heavy atom. The molecule has 0 atom stereocenters. The number of carbonyl (C=O) groups excluding carboxylic acids is 1. The molecule has 5 nitrogen and oxygen atoms in total. The molecule has 0 amide bonds. The zero-order valence-corrected chi connectivity index (χ0v) is 16.6. The van der Waals surface area contributed by atoms with E-state index >= 15 is 0 Å². The lowest BCUT2D eigenvalue weighted by molar-refractivity contribution is -0.138. The van der Waals surface area contributed by atoms with Gasteiger partial charge in [-0.3, -0.25) is 4.79 Å². The molecule has 168 valence electrons. The summed E-state index contributed by atoms with van der Waals surface area (Å²) in [6, 6.07) is 3.55. The molecule has 1 aromatic carbocycles. The molecule has 1 aliphatic carbocycles. The molecule has 0 N–H and O–H groups in total. The van der Waals surface area contributed by atoms with E-state index in [-0.39, 0.29) is 37.4 Å². The molecule has 0 spiro atoms. The topological polar surface area (TPSA) is 77.0 Å². The molecule has 0 unspecified atom stereocenters. The van der Waals surface area contributed by atoms with Crippen LogP contribution in [0.1, 0.15) is 47.4 Å². The van der Waals surface area contributed by atoms with E-state index in [1.807, 2.05) is 0 Å². The number of ketones is 1. The first-order chi connectivity index (χ1) is 14.3. The van der Waals surface area contributed by atoms with Crippen molar-refractivity contribution >= 4 is 15.6 Å². The number of hydrogen-bond donors (Lipinski definition) is 0. The second-order valence-electron chi connectivity index (χ2n) is 7.28. The Kier molecular flexibility index (Phi) is 6.14. The maximum absolute atomic E-state index is 12.8. The van der Waals surface area contributed by atoms with Gasteiger partial charge in [0.1, 0.15) is 0 Å². The SMILES string of the molecule is O=C(CCC1CC(S(=O)(=O)c2cccc(C(F)(F)F)c2)C1)c1ncc(C(F)(F)F)cn1. The van der Waals surface area contributed by atoms with Gasteiger partial charge in [-0.05, 0) is 43.4 Å². The van der Waals surface area contributed by atoms with E-state index in [2.05, 4.69) is 9.97 Å². The summed E-state index contributed by atoms with van der Waals surface area (Å²) in [5.74, 6) is -1.08. The second kappa shape index (κ2) is 8.21. The van der Waals surface area contributed by atoms with E-state index in [9.17, 15) is 39.6 Å². The summed E-state index contributed by atoms with van der Waals surface area (Å²) in [7, 11) is -3.94. The van der Waals surface area contributed by atoms with Crippen LogP contribution in [0.3, 0.4) is 0 Å². The number of nitrogens with zero attached hydrogens (tertiary/aromatic N) is 2. The maximum Gasteiger partial charge on any atom is 0.419 e. The number of benzene rings is 1. The monoisotopic (exact) mass is 466 g/mol. The van der Waals surface area contributed by atoms with Crippen molar-refractivity contribution in [2.45, 2.75) is 48.2 Å². The minimum atomic E-state index is -4.66. The quantitative estimate of drug-likeness (QED) is 0.455. The molecule has 0 radical (unpaired) electrons. The summed E-state index contributed by atoms with van der Waals surface area (Å²) < 4.78 is 101. The van der Waals surface area contributed by atoms with E-state index < -0.39 is 49.2 Å². The van der Waals surface area contributed by atoms with Gasteiger partial charge in [0.25, 0.3) is 0 Å². The smallest absolute Gasteiger partial charge is 0.291 e. The molecule has 31 heavy (non-hydrogen) atoms. The lowest BCUT2D eigenvalue weighted by atomic mass is 9.81. The largest absolute Gasteiger partial charge is 0.419 e. The average molecular weight is 466 g/mol. The van der Waals surface area contributed by atoms with Crippen LogP contribution >= 0.6 is 0 Å². The molecule has 12 heteroatoms. The van der Waals surface area contributed by atoms with Crippen LogP contribution in [0.15, 0.2) is 41.6 Å². The van der Waals surface area contributed by atoms with Crippen molar-refractivity contribution in [1.29, 1.82) is 0 Å². The molecular weight excluding hydrogens is 450 g/mol. The highest BCUT2D eigenvalue weighted by Gasteiger charge is 2.40. The van der Waals surface area contributed by atoms with Crippen molar-refractivity contribution in [3.8, 4) is 0 Å². The fraction of sp³-hybridized carbons (Fsp3) is 0.421. The van der Waals surface area contributed by atoms with E-state index in [1.165, 1.54) is 0 Å².